The minimum Gasteiger partial charge on any atom is -0.388 e. The molecule has 0 spiro atoms. The molecule has 15 heavy (non-hydrogen) atoms. The van der Waals surface area contributed by atoms with Crippen LogP contribution < -0.4 is 5.32 Å². The van der Waals surface area contributed by atoms with Gasteiger partial charge in [0.05, 0.1) is 13.7 Å². The van der Waals surface area contributed by atoms with E-state index >= 15 is 0 Å². The van der Waals surface area contributed by atoms with Crippen LogP contribution in [0.1, 0.15) is 24.5 Å². The summed E-state index contributed by atoms with van der Waals surface area (Å²) in [4.78, 5) is 0. The van der Waals surface area contributed by atoms with Gasteiger partial charge in [-0.15, -0.1) is 11.3 Å². The molecular formula is C10H13Br2NOS. The molecule has 1 aromatic heterocycles. The van der Waals surface area contributed by atoms with Crippen LogP contribution >= 0.6 is 43.2 Å². The normalized spacial score (nSPS) is 20.5. The lowest BCUT2D eigenvalue weighted by molar-refractivity contribution is 0.0887. The Labute approximate surface area is 110 Å². The van der Waals surface area contributed by atoms with Gasteiger partial charge in [0, 0.05) is 5.56 Å². The highest BCUT2D eigenvalue weighted by Crippen LogP contribution is 2.39. The van der Waals surface area contributed by atoms with Crippen molar-refractivity contribution in [3.8, 4) is 0 Å². The fraction of sp³-hybridized carbons (Fsp3) is 0.600. The first-order chi connectivity index (χ1) is 7.18. The van der Waals surface area contributed by atoms with Gasteiger partial charge < -0.3 is 10.4 Å². The van der Waals surface area contributed by atoms with E-state index in [0.717, 1.165) is 39.1 Å². The van der Waals surface area contributed by atoms with Gasteiger partial charge in [-0.25, -0.2) is 0 Å². The topological polar surface area (TPSA) is 32.3 Å². The van der Waals surface area contributed by atoms with E-state index in [1.807, 2.05) is 6.07 Å². The van der Waals surface area contributed by atoms with Crippen molar-refractivity contribution in [2.45, 2.75) is 18.9 Å². The Bertz CT molecular complexity index is 336. The molecule has 2 nitrogen and oxygen atoms in total. The molecule has 1 aliphatic rings. The van der Waals surface area contributed by atoms with Crippen molar-refractivity contribution in [2.24, 2.45) is 5.92 Å². The minimum absolute atomic E-state index is 0.330. The van der Waals surface area contributed by atoms with E-state index < -0.39 is 0 Å². The molecule has 1 aromatic rings. The smallest absolute Gasteiger partial charge is 0.0838 e. The number of hydrogen-bond donors (Lipinski definition) is 2. The number of halogens is 2. The molecule has 0 radical (unpaired) electrons. The minimum atomic E-state index is -0.330. The third kappa shape index (κ3) is 2.82. The summed E-state index contributed by atoms with van der Waals surface area (Å²) in [6.45, 7) is 2.04. The number of aliphatic hydroxyl groups excluding tert-OH is 1. The van der Waals surface area contributed by atoms with Crippen molar-refractivity contribution in [1.29, 1.82) is 0 Å². The van der Waals surface area contributed by atoms with Crippen LogP contribution in [0.25, 0.3) is 0 Å². The first kappa shape index (κ1) is 12.0. The number of piperidine rings is 1. The maximum atomic E-state index is 10.3. The quantitative estimate of drug-likeness (QED) is 0.853. The summed E-state index contributed by atoms with van der Waals surface area (Å²) >= 11 is 8.56. The van der Waals surface area contributed by atoms with E-state index in [0.29, 0.717) is 5.92 Å². The molecule has 0 aromatic carbocycles. The molecule has 0 aliphatic carbocycles. The summed E-state index contributed by atoms with van der Waals surface area (Å²) in [5, 5.41) is 13.6. The molecule has 1 fully saturated rings. The summed E-state index contributed by atoms with van der Waals surface area (Å²) in [7, 11) is 0. The van der Waals surface area contributed by atoms with Gasteiger partial charge in [-0.3, -0.25) is 0 Å². The standard InChI is InChI=1S/C10H13Br2NOS/c11-8-5-7(10(12)15-8)9(14)6-1-3-13-4-2-6/h5-6,9,13-14H,1-4H2. The van der Waals surface area contributed by atoms with E-state index in [1.165, 1.54) is 0 Å². The lowest BCUT2D eigenvalue weighted by atomic mass is 9.89. The fourth-order valence-electron chi connectivity index (χ4n) is 1.97. The molecule has 2 N–H and O–H groups in total. The Morgan fingerprint density at radius 1 is 1.40 bits per heavy atom. The van der Waals surface area contributed by atoms with Crippen LogP contribution in [0.4, 0.5) is 0 Å². The third-order valence-corrected chi connectivity index (χ3v) is 5.22. The summed E-state index contributed by atoms with van der Waals surface area (Å²) < 4.78 is 2.11. The van der Waals surface area contributed by atoms with Crippen LogP contribution in [0.15, 0.2) is 13.6 Å². The fourth-order valence-corrected chi connectivity index (χ4v) is 4.88. The molecule has 1 unspecified atom stereocenters. The molecule has 84 valence electrons. The van der Waals surface area contributed by atoms with Crippen molar-refractivity contribution < 1.29 is 5.11 Å². The number of nitrogens with one attached hydrogen (secondary N) is 1. The molecule has 1 aliphatic heterocycles. The molecule has 5 heteroatoms. The highest BCUT2D eigenvalue weighted by molar-refractivity contribution is 9.12. The monoisotopic (exact) mass is 353 g/mol. The summed E-state index contributed by atoms with van der Waals surface area (Å²) in [5.41, 5.74) is 1.03. The SMILES string of the molecule is OC(c1cc(Br)sc1Br)C1CCNCC1. The van der Waals surface area contributed by atoms with Crippen molar-refractivity contribution in [3.05, 3.63) is 19.2 Å². The highest BCUT2D eigenvalue weighted by Gasteiger charge is 2.25. The third-order valence-electron chi connectivity index (χ3n) is 2.83. The maximum Gasteiger partial charge on any atom is 0.0838 e. The van der Waals surface area contributed by atoms with Crippen molar-refractivity contribution in [1.82, 2.24) is 5.32 Å². The molecule has 0 saturated carbocycles. The average Bonchev–Trinajstić information content (AvgIpc) is 2.58. The second-order valence-electron chi connectivity index (χ2n) is 3.81. The van der Waals surface area contributed by atoms with E-state index in [2.05, 4.69) is 37.2 Å². The lowest BCUT2D eigenvalue weighted by Crippen LogP contribution is -2.30. The zero-order chi connectivity index (χ0) is 10.8. The van der Waals surface area contributed by atoms with Gasteiger partial charge in [-0.2, -0.15) is 0 Å². The van der Waals surface area contributed by atoms with E-state index in [9.17, 15) is 5.11 Å². The van der Waals surface area contributed by atoms with E-state index in [-0.39, 0.29) is 6.10 Å². The Hall–Kier alpha value is 0.580. The Kier molecular flexibility index (Phi) is 4.24. The molecule has 1 atom stereocenters. The number of rotatable bonds is 2. The zero-order valence-electron chi connectivity index (χ0n) is 8.17. The summed E-state index contributed by atoms with van der Waals surface area (Å²) in [6, 6.07) is 2.02. The van der Waals surface area contributed by atoms with Crippen LogP contribution in [-0.4, -0.2) is 18.2 Å². The summed E-state index contributed by atoms with van der Waals surface area (Å²) in [6.07, 6.45) is 1.78. The van der Waals surface area contributed by atoms with Gasteiger partial charge in [-0.1, -0.05) is 0 Å². The first-order valence-electron chi connectivity index (χ1n) is 5.02. The molecule has 1 saturated heterocycles. The van der Waals surface area contributed by atoms with Gasteiger partial charge in [-0.05, 0) is 69.8 Å². The Morgan fingerprint density at radius 2 is 2.07 bits per heavy atom. The lowest BCUT2D eigenvalue weighted by Gasteiger charge is -2.27. The van der Waals surface area contributed by atoms with Crippen molar-refractivity contribution in [2.75, 3.05) is 13.1 Å². The van der Waals surface area contributed by atoms with Gasteiger partial charge in [0.15, 0.2) is 0 Å². The predicted molar refractivity (Wildman–Crippen MR) is 70.3 cm³/mol. The summed E-state index contributed by atoms with van der Waals surface area (Å²) in [5.74, 6) is 0.393. The highest BCUT2D eigenvalue weighted by atomic mass is 79.9. The van der Waals surface area contributed by atoms with Crippen molar-refractivity contribution >= 4 is 43.2 Å². The maximum absolute atomic E-state index is 10.3. The van der Waals surface area contributed by atoms with E-state index in [4.69, 9.17) is 0 Å². The first-order valence-corrected chi connectivity index (χ1v) is 7.42. The van der Waals surface area contributed by atoms with Gasteiger partial charge in [0.1, 0.15) is 0 Å². The van der Waals surface area contributed by atoms with Gasteiger partial charge in [0.25, 0.3) is 0 Å². The molecular weight excluding hydrogens is 342 g/mol. The predicted octanol–water partition coefficient (Wildman–Crippen LogP) is 3.31. The molecule has 0 amide bonds. The Morgan fingerprint density at radius 3 is 2.60 bits per heavy atom. The van der Waals surface area contributed by atoms with Crippen LogP contribution in [0.3, 0.4) is 0 Å². The average molecular weight is 355 g/mol. The van der Waals surface area contributed by atoms with Crippen LogP contribution in [-0.2, 0) is 0 Å². The van der Waals surface area contributed by atoms with Crippen LogP contribution in [0.5, 0.6) is 0 Å². The molecule has 0 bridgehead atoms. The van der Waals surface area contributed by atoms with Gasteiger partial charge in [0.2, 0.25) is 0 Å². The van der Waals surface area contributed by atoms with Crippen LogP contribution in [0, 0.1) is 5.92 Å². The number of thiophene rings is 1. The second-order valence-corrected chi connectivity index (χ2v) is 7.56. The Balaban J connectivity index is 2.12. The van der Waals surface area contributed by atoms with Crippen molar-refractivity contribution in [3.63, 3.8) is 0 Å². The number of aliphatic hydroxyl groups is 1. The molecule has 2 heterocycles. The molecule has 2 rings (SSSR count). The number of hydrogen-bond acceptors (Lipinski definition) is 3. The van der Waals surface area contributed by atoms with Gasteiger partial charge >= 0.3 is 0 Å². The second kappa shape index (κ2) is 5.27. The zero-order valence-corrected chi connectivity index (χ0v) is 12.2. The van der Waals surface area contributed by atoms with E-state index in [1.54, 1.807) is 11.3 Å². The van der Waals surface area contributed by atoms with Crippen LogP contribution in [0.2, 0.25) is 0 Å². The largest absolute Gasteiger partial charge is 0.388 e.